The molecule has 36 heavy (non-hydrogen) atoms. The van der Waals surface area contributed by atoms with E-state index >= 15 is 0 Å². The number of allylic oxidation sites excluding steroid dienone is 6. The topological polar surface area (TPSA) is 36.4 Å². The van der Waals surface area contributed by atoms with Gasteiger partial charge in [0, 0.05) is 22.9 Å². The van der Waals surface area contributed by atoms with Crippen LogP contribution in [-0.4, -0.2) is 12.0 Å². The fourth-order valence-electron chi connectivity index (χ4n) is 4.16. The van der Waals surface area contributed by atoms with Crippen molar-refractivity contribution in [2.75, 3.05) is 5.32 Å². The SMILES string of the molecule is C/C(NC1=NC(c2ccccc2)Nc2ccccc21)=C1/C=C(C(F)(F)F)C=CC1C.CCCCCC. The van der Waals surface area contributed by atoms with E-state index in [4.69, 9.17) is 4.99 Å². The first-order chi connectivity index (χ1) is 17.2. The van der Waals surface area contributed by atoms with Crippen molar-refractivity contribution in [1.29, 1.82) is 0 Å². The summed E-state index contributed by atoms with van der Waals surface area (Å²) in [6, 6.07) is 17.6. The Bertz CT molecular complexity index is 1120. The second-order valence-corrected chi connectivity index (χ2v) is 9.14. The van der Waals surface area contributed by atoms with Crippen LogP contribution in [0, 0.1) is 5.92 Å². The molecule has 0 spiro atoms. The number of alkyl halides is 3. The smallest absolute Gasteiger partial charge is 0.359 e. The lowest BCUT2D eigenvalue weighted by molar-refractivity contribution is -0.0884. The highest BCUT2D eigenvalue weighted by Gasteiger charge is 2.34. The number of unbranched alkanes of at least 4 members (excludes halogenated alkanes) is 3. The Balaban J connectivity index is 0.000000538. The number of nitrogens with zero attached hydrogens (tertiary/aromatic N) is 1. The summed E-state index contributed by atoms with van der Waals surface area (Å²) in [6.45, 7) is 8.14. The van der Waals surface area contributed by atoms with Crippen LogP contribution in [0.3, 0.4) is 0 Å². The molecule has 1 heterocycles. The average molecular weight is 496 g/mol. The molecule has 0 radical (unpaired) electrons. The normalized spacial score (nSPS) is 20.2. The second kappa shape index (κ2) is 12.6. The van der Waals surface area contributed by atoms with Crippen LogP contribution in [0.1, 0.15) is 70.7 Å². The van der Waals surface area contributed by atoms with E-state index in [1.165, 1.54) is 31.8 Å². The first-order valence-electron chi connectivity index (χ1n) is 12.7. The largest absolute Gasteiger partial charge is 0.416 e. The number of nitrogens with one attached hydrogen (secondary N) is 2. The highest BCUT2D eigenvalue weighted by molar-refractivity contribution is 6.05. The molecule has 2 aromatic carbocycles. The Kier molecular flexibility index (Phi) is 9.57. The Morgan fingerprint density at radius 1 is 0.972 bits per heavy atom. The highest BCUT2D eigenvalue weighted by Crippen LogP contribution is 2.34. The molecule has 0 bridgehead atoms. The minimum Gasteiger partial charge on any atom is -0.359 e. The van der Waals surface area contributed by atoms with Gasteiger partial charge in [0.25, 0.3) is 0 Å². The molecule has 0 saturated heterocycles. The van der Waals surface area contributed by atoms with E-state index < -0.39 is 11.7 Å². The van der Waals surface area contributed by atoms with E-state index in [9.17, 15) is 13.2 Å². The van der Waals surface area contributed by atoms with Gasteiger partial charge < -0.3 is 10.6 Å². The maximum absolute atomic E-state index is 13.2. The van der Waals surface area contributed by atoms with Crippen molar-refractivity contribution >= 4 is 11.5 Å². The first-order valence-corrected chi connectivity index (χ1v) is 12.7. The van der Waals surface area contributed by atoms with E-state index in [2.05, 4.69) is 24.5 Å². The molecule has 1 aliphatic heterocycles. The lowest BCUT2D eigenvalue weighted by atomic mass is 9.91. The van der Waals surface area contributed by atoms with Crippen molar-refractivity contribution in [3.8, 4) is 0 Å². The van der Waals surface area contributed by atoms with E-state index in [0.717, 1.165) is 22.9 Å². The summed E-state index contributed by atoms with van der Waals surface area (Å²) in [5.41, 5.74) is 3.40. The molecule has 3 nitrogen and oxygen atoms in total. The minimum atomic E-state index is -4.38. The van der Waals surface area contributed by atoms with E-state index in [-0.39, 0.29) is 12.1 Å². The quantitative estimate of drug-likeness (QED) is 0.407. The van der Waals surface area contributed by atoms with Crippen LogP contribution in [0.25, 0.3) is 0 Å². The molecule has 0 aromatic heterocycles. The maximum Gasteiger partial charge on any atom is 0.416 e. The van der Waals surface area contributed by atoms with Gasteiger partial charge in [-0.2, -0.15) is 13.2 Å². The van der Waals surface area contributed by atoms with E-state index in [1.807, 2.05) is 61.5 Å². The third-order valence-electron chi connectivity index (χ3n) is 6.24. The lowest BCUT2D eigenvalue weighted by Crippen LogP contribution is -2.31. The standard InChI is InChI=1S/C24H22F3N3.C6H14/c1-15-12-13-18(24(25,26)27)14-20(15)16(2)28-23-19-10-6-7-11-21(19)29-22(30-23)17-8-4-3-5-9-17;1-3-5-6-4-2/h3-15,22,29H,1-2H3,(H,28,30);3-6H2,1-2H3/b20-16+;. The van der Waals surface area contributed by atoms with Gasteiger partial charge in [0.05, 0.1) is 5.57 Å². The summed E-state index contributed by atoms with van der Waals surface area (Å²) >= 11 is 0. The molecule has 2 aromatic rings. The number of anilines is 1. The summed E-state index contributed by atoms with van der Waals surface area (Å²) in [5, 5.41) is 6.71. The maximum atomic E-state index is 13.2. The van der Waals surface area contributed by atoms with Crippen LogP contribution in [-0.2, 0) is 0 Å². The number of hydrogen-bond donors (Lipinski definition) is 2. The van der Waals surface area contributed by atoms with Crippen LogP contribution in [0.15, 0.2) is 94.7 Å². The Morgan fingerprint density at radius 3 is 2.25 bits per heavy atom. The van der Waals surface area contributed by atoms with Gasteiger partial charge in [-0.1, -0.05) is 101 Å². The van der Waals surface area contributed by atoms with Gasteiger partial charge in [0.15, 0.2) is 0 Å². The number of hydrogen-bond acceptors (Lipinski definition) is 3. The van der Waals surface area contributed by atoms with Gasteiger partial charge in [0.1, 0.15) is 12.0 Å². The molecular weight excluding hydrogens is 459 g/mol. The predicted molar refractivity (Wildman–Crippen MR) is 144 cm³/mol. The summed E-state index contributed by atoms with van der Waals surface area (Å²) in [7, 11) is 0. The molecule has 0 amide bonds. The number of amidine groups is 1. The van der Waals surface area contributed by atoms with Gasteiger partial charge in [-0.05, 0) is 36.3 Å². The number of fused-ring (bicyclic) bond motifs is 1. The van der Waals surface area contributed by atoms with Crippen molar-refractivity contribution in [3.63, 3.8) is 0 Å². The average Bonchev–Trinajstić information content (AvgIpc) is 2.87. The molecule has 0 saturated carbocycles. The molecule has 2 N–H and O–H groups in total. The van der Waals surface area contributed by atoms with Crippen LogP contribution in [0.2, 0.25) is 0 Å². The Labute approximate surface area is 212 Å². The van der Waals surface area contributed by atoms with Crippen molar-refractivity contribution in [2.45, 2.75) is 65.7 Å². The van der Waals surface area contributed by atoms with Gasteiger partial charge in [-0.25, -0.2) is 4.99 Å². The Hall–Kier alpha value is -3.28. The summed E-state index contributed by atoms with van der Waals surface area (Å²) in [4.78, 5) is 4.82. The van der Waals surface area contributed by atoms with Crippen molar-refractivity contribution in [3.05, 3.63) is 101 Å². The number of benzene rings is 2. The van der Waals surface area contributed by atoms with Gasteiger partial charge in [-0.3, -0.25) is 0 Å². The fourth-order valence-corrected chi connectivity index (χ4v) is 4.16. The Morgan fingerprint density at radius 2 is 1.61 bits per heavy atom. The number of rotatable bonds is 5. The lowest BCUT2D eigenvalue weighted by Gasteiger charge is -2.28. The molecule has 6 heteroatoms. The summed E-state index contributed by atoms with van der Waals surface area (Å²) < 4.78 is 39.6. The molecule has 0 fully saturated rings. The number of aliphatic imine (C=N–C) groups is 1. The van der Waals surface area contributed by atoms with Crippen LogP contribution in [0.4, 0.5) is 18.9 Å². The van der Waals surface area contributed by atoms with Gasteiger partial charge >= 0.3 is 6.18 Å². The summed E-state index contributed by atoms with van der Waals surface area (Å²) in [6.07, 6.45) is 4.81. The third kappa shape index (κ3) is 7.12. The third-order valence-corrected chi connectivity index (χ3v) is 6.24. The van der Waals surface area contributed by atoms with E-state index in [1.54, 1.807) is 13.0 Å². The van der Waals surface area contributed by atoms with Crippen molar-refractivity contribution in [2.24, 2.45) is 10.9 Å². The molecular formula is C30H36F3N3. The van der Waals surface area contributed by atoms with Crippen LogP contribution < -0.4 is 10.6 Å². The predicted octanol–water partition coefficient (Wildman–Crippen LogP) is 8.70. The number of para-hydroxylation sites is 1. The zero-order chi connectivity index (χ0) is 26.1. The monoisotopic (exact) mass is 495 g/mol. The molecule has 2 aliphatic rings. The van der Waals surface area contributed by atoms with Gasteiger partial charge in [-0.15, -0.1) is 0 Å². The zero-order valence-electron chi connectivity index (χ0n) is 21.5. The van der Waals surface area contributed by atoms with Gasteiger partial charge in [0.2, 0.25) is 0 Å². The summed E-state index contributed by atoms with van der Waals surface area (Å²) in [5.74, 6) is 0.498. The molecule has 1 aliphatic carbocycles. The number of halogens is 3. The molecule has 2 unspecified atom stereocenters. The van der Waals surface area contributed by atoms with Crippen LogP contribution >= 0.6 is 0 Å². The molecule has 2 atom stereocenters. The second-order valence-electron chi connectivity index (χ2n) is 9.14. The fraction of sp³-hybridized carbons (Fsp3) is 0.367. The molecule has 192 valence electrons. The minimum absolute atomic E-state index is 0.133. The van der Waals surface area contributed by atoms with Crippen LogP contribution in [0.5, 0.6) is 0 Å². The zero-order valence-corrected chi connectivity index (χ0v) is 21.5. The first kappa shape index (κ1) is 27.3. The van der Waals surface area contributed by atoms with Crippen molar-refractivity contribution in [1.82, 2.24) is 5.32 Å². The van der Waals surface area contributed by atoms with E-state index in [0.29, 0.717) is 17.1 Å². The molecule has 4 rings (SSSR count). The highest BCUT2D eigenvalue weighted by atomic mass is 19.4. The van der Waals surface area contributed by atoms with Crippen molar-refractivity contribution < 1.29 is 13.2 Å².